The van der Waals surface area contributed by atoms with Gasteiger partial charge in [0, 0.05) is 26.2 Å². The lowest BCUT2D eigenvalue weighted by Crippen LogP contribution is -2.53. The molecule has 8 heteroatoms. The quantitative estimate of drug-likeness (QED) is 0.386. The third-order valence-electron chi connectivity index (χ3n) is 4.14. The highest BCUT2D eigenvalue weighted by Gasteiger charge is 2.26. The van der Waals surface area contributed by atoms with E-state index in [9.17, 15) is 9.90 Å². The van der Waals surface area contributed by atoms with Gasteiger partial charge in [-0.05, 0) is 33.3 Å². The number of amides is 1. The van der Waals surface area contributed by atoms with Crippen molar-refractivity contribution in [2.75, 3.05) is 32.7 Å². The van der Waals surface area contributed by atoms with Crippen LogP contribution in [0.5, 0.6) is 0 Å². The second-order valence-corrected chi connectivity index (χ2v) is 7.58. The van der Waals surface area contributed by atoms with E-state index in [1.54, 1.807) is 4.90 Å². The first-order chi connectivity index (χ1) is 12.2. The molecule has 2 rings (SSSR count). The molecular weight excluding hydrogens is 459 g/mol. The third kappa shape index (κ3) is 7.53. The van der Waals surface area contributed by atoms with Gasteiger partial charge in [-0.3, -0.25) is 4.99 Å². The van der Waals surface area contributed by atoms with Crippen molar-refractivity contribution in [3.63, 3.8) is 0 Å². The zero-order valence-corrected chi connectivity index (χ0v) is 18.8. The fourth-order valence-corrected chi connectivity index (χ4v) is 2.62. The number of benzene rings is 1. The summed E-state index contributed by atoms with van der Waals surface area (Å²) in [6.07, 6.45) is -0.986. The van der Waals surface area contributed by atoms with Gasteiger partial charge in [0.1, 0.15) is 5.60 Å². The summed E-state index contributed by atoms with van der Waals surface area (Å²) in [6, 6.07) is 7.71. The number of aliphatic imine (C=N–C) groups is 1. The van der Waals surface area contributed by atoms with E-state index < -0.39 is 11.7 Å². The summed E-state index contributed by atoms with van der Waals surface area (Å²) in [5.41, 5.74) is 7.52. The monoisotopic (exact) mass is 490 g/mol. The zero-order valence-electron chi connectivity index (χ0n) is 16.5. The minimum absolute atomic E-state index is 0. The Morgan fingerprint density at radius 2 is 1.70 bits per heavy atom. The highest BCUT2D eigenvalue weighted by atomic mass is 127. The van der Waals surface area contributed by atoms with Crippen LogP contribution in [0.1, 0.15) is 38.0 Å². The maximum Gasteiger partial charge on any atom is 0.410 e. The lowest BCUT2D eigenvalue weighted by atomic mass is 10.1. The second-order valence-electron chi connectivity index (χ2n) is 7.58. The molecule has 3 N–H and O–H groups in total. The Morgan fingerprint density at radius 3 is 2.22 bits per heavy atom. The first-order valence-corrected chi connectivity index (χ1v) is 8.93. The number of nitrogens with two attached hydrogens (primary N) is 1. The molecule has 1 saturated heterocycles. The molecule has 1 aromatic rings. The van der Waals surface area contributed by atoms with Gasteiger partial charge in [0.2, 0.25) is 0 Å². The Labute approximate surface area is 178 Å². The standard InChI is InChI=1S/C19H30N4O3.HI/c1-14-5-7-15(8-6-14)16(24)13-21-17(20)22-9-11-23(12-10-22)18(25)26-19(2,3)4;/h5-8,16,24H,9-13H2,1-4H3,(H2,20,21);1H. The minimum Gasteiger partial charge on any atom is -0.444 e. The Kier molecular flexibility index (Phi) is 8.80. The number of piperazine rings is 1. The average molecular weight is 490 g/mol. The molecule has 0 bridgehead atoms. The van der Waals surface area contributed by atoms with Crippen LogP contribution in [0.4, 0.5) is 4.79 Å². The number of aliphatic hydroxyl groups excluding tert-OH is 1. The van der Waals surface area contributed by atoms with Gasteiger partial charge in [0.05, 0.1) is 12.6 Å². The maximum absolute atomic E-state index is 12.1. The van der Waals surface area contributed by atoms with Crippen molar-refractivity contribution in [1.29, 1.82) is 0 Å². The van der Waals surface area contributed by atoms with Crippen LogP contribution < -0.4 is 5.73 Å². The number of hydrogen-bond acceptors (Lipinski definition) is 4. The third-order valence-corrected chi connectivity index (χ3v) is 4.14. The number of aliphatic hydroxyl groups is 1. The van der Waals surface area contributed by atoms with Gasteiger partial charge < -0.3 is 25.4 Å². The average Bonchev–Trinajstić information content (AvgIpc) is 2.58. The number of halogens is 1. The summed E-state index contributed by atoms with van der Waals surface area (Å²) in [5.74, 6) is 0.389. The van der Waals surface area contributed by atoms with Crippen LogP contribution in [0, 0.1) is 6.92 Å². The molecule has 7 nitrogen and oxygen atoms in total. The number of nitrogens with zero attached hydrogens (tertiary/aromatic N) is 3. The van der Waals surface area contributed by atoms with Gasteiger partial charge in [-0.1, -0.05) is 29.8 Å². The van der Waals surface area contributed by atoms with Gasteiger partial charge in [-0.2, -0.15) is 0 Å². The molecule has 0 aromatic heterocycles. The normalized spacial score (nSPS) is 16.6. The van der Waals surface area contributed by atoms with Crippen molar-refractivity contribution in [1.82, 2.24) is 9.80 Å². The van der Waals surface area contributed by atoms with E-state index in [1.165, 1.54) is 0 Å². The fraction of sp³-hybridized carbons (Fsp3) is 0.579. The van der Waals surface area contributed by atoms with E-state index in [1.807, 2.05) is 56.9 Å². The van der Waals surface area contributed by atoms with Crippen LogP contribution in [0.2, 0.25) is 0 Å². The van der Waals surface area contributed by atoms with Crippen molar-refractivity contribution in [2.24, 2.45) is 10.7 Å². The zero-order chi connectivity index (χ0) is 19.3. The molecule has 1 amide bonds. The first kappa shape index (κ1) is 23.5. The summed E-state index contributed by atoms with van der Waals surface area (Å²) >= 11 is 0. The Hall–Kier alpha value is -1.55. The molecule has 1 unspecified atom stereocenters. The van der Waals surface area contributed by atoms with Crippen molar-refractivity contribution in [3.8, 4) is 0 Å². The summed E-state index contributed by atoms with van der Waals surface area (Å²) in [7, 11) is 0. The number of ether oxygens (including phenoxy) is 1. The van der Waals surface area contributed by atoms with E-state index >= 15 is 0 Å². The molecule has 0 saturated carbocycles. The first-order valence-electron chi connectivity index (χ1n) is 8.93. The van der Waals surface area contributed by atoms with Crippen molar-refractivity contribution in [2.45, 2.75) is 39.4 Å². The SMILES string of the molecule is Cc1ccc(C(O)CN=C(N)N2CCN(C(=O)OC(C)(C)C)CC2)cc1.I. The van der Waals surface area contributed by atoms with Crippen LogP contribution in [0.25, 0.3) is 0 Å². The van der Waals surface area contributed by atoms with E-state index in [0.717, 1.165) is 11.1 Å². The molecule has 0 aliphatic carbocycles. The van der Waals surface area contributed by atoms with Gasteiger partial charge >= 0.3 is 6.09 Å². The van der Waals surface area contributed by atoms with Gasteiger partial charge in [-0.25, -0.2) is 4.79 Å². The summed E-state index contributed by atoms with van der Waals surface area (Å²) in [5, 5.41) is 10.2. The highest BCUT2D eigenvalue weighted by molar-refractivity contribution is 14.0. The summed E-state index contributed by atoms with van der Waals surface area (Å²) in [4.78, 5) is 20.0. The van der Waals surface area contributed by atoms with Crippen molar-refractivity contribution >= 4 is 36.0 Å². The fourth-order valence-electron chi connectivity index (χ4n) is 2.62. The molecule has 0 radical (unpaired) electrons. The number of aryl methyl sites for hydroxylation is 1. The predicted molar refractivity (Wildman–Crippen MR) is 117 cm³/mol. The summed E-state index contributed by atoms with van der Waals surface area (Å²) < 4.78 is 5.38. The molecule has 1 heterocycles. The van der Waals surface area contributed by atoms with Gasteiger partial charge in [0.15, 0.2) is 5.96 Å². The molecular formula is C19H31IN4O3. The molecule has 1 atom stereocenters. The van der Waals surface area contributed by atoms with Crippen LogP contribution in [-0.4, -0.2) is 65.3 Å². The summed E-state index contributed by atoms with van der Waals surface area (Å²) in [6.45, 7) is 10.0. The topological polar surface area (TPSA) is 91.4 Å². The number of rotatable bonds is 3. The molecule has 1 aromatic carbocycles. The van der Waals surface area contributed by atoms with E-state index in [2.05, 4.69) is 4.99 Å². The van der Waals surface area contributed by atoms with Crippen LogP contribution in [-0.2, 0) is 4.74 Å². The highest BCUT2D eigenvalue weighted by Crippen LogP contribution is 2.15. The van der Waals surface area contributed by atoms with Crippen LogP contribution in [0.15, 0.2) is 29.3 Å². The van der Waals surface area contributed by atoms with E-state index in [0.29, 0.717) is 32.1 Å². The number of hydrogen-bond donors (Lipinski definition) is 2. The number of carbonyl (C=O) groups is 1. The second kappa shape index (κ2) is 10.1. The smallest absolute Gasteiger partial charge is 0.410 e. The molecule has 1 fully saturated rings. The molecule has 0 spiro atoms. The van der Waals surface area contributed by atoms with Gasteiger partial charge in [0.25, 0.3) is 0 Å². The van der Waals surface area contributed by atoms with Crippen molar-refractivity contribution in [3.05, 3.63) is 35.4 Å². The maximum atomic E-state index is 12.1. The number of guanidine groups is 1. The van der Waals surface area contributed by atoms with Crippen LogP contribution in [0.3, 0.4) is 0 Å². The van der Waals surface area contributed by atoms with Crippen molar-refractivity contribution < 1.29 is 14.6 Å². The minimum atomic E-state index is -0.683. The van der Waals surface area contributed by atoms with Gasteiger partial charge in [-0.15, -0.1) is 24.0 Å². The Morgan fingerprint density at radius 1 is 1.19 bits per heavy atom. The molecule has 1 aliphatic rings. The Bertz CT molecular complexity index is 635. The van der Waals surface area contributed by atoms with Crippen LogP contribution >= 0.6 is 24.0 Å². The van der Waals surface area contributed by atoms with E-state index in [-0.39, 0.29) is 36.6 Å². The Balaban J connectivity index is 0.00000364. The van der Waals surface area contributed by atoms with E-state index in [4.69, 9.17) is 10.5 Å². The number of carbonyl (C=O) groups excluding carboxylic acids is 1. The largest absolute Gasteiger partial charge is 0.444 e. The molecule has 1 aliphatic heterocycles. The molecule has 152 valence electrons. The molecule has 27 heavy (non-hydrogen) atoms. The predicted octanol–water partition coefficient (Wildman–Crippen LogP) is 2.51. The lowest BCUT2D eigenvalue weighted by Gasteiger charge is -2.36. The lowest BCUT2D eigenvalue weighted by molar-refractivity contribution is 0.0186.